The molecule has 0 fully saturated rings. The Morgan fingerprint density at radius 2 is 2.00 bits per heavy atom. The highest BCUT2D eigenvalue weighted by Gasteiger charge is 2.22. The Bertz CT molecular complexity index is 1180. The molecule has 0 aliphatic heterocycles. The van der Waals surface area contributed by atoms with Crippen LogP contribution in [0.2, 0.25) is 0 Å². The number of thiophene rings is 1. The van der Waals surface area contributed by atoms with Gasteiger partial charge < -0.3 is 9.55 Å². The fourth-order valence-electron chi connectivity index (χ4n) is 3.47. The van der Waals surface area contributed by atoms with Crippen LogP contribution in [-0.4, -0.2) is 43.7 Å². The molecule has 0 saturated carbocycles. The minimum absolute atomic E-state index is 0.0873. The van der Waals surface area contributed by atoms with Crippen LogP contribution in [-0.2, 0) is 12.3 Å². The second-order valence-corrected chi connectivity index (χ2v) is 9.10. The molecular weight excluding hydrogens is 416 g/mol. The number of thioether (sulfide) groups is 1. The zero-order valence-electron chi connectivity index (χ0n) is 17.2. The van der Waals surface area contributed by atoms with E-state index in [0.29, 0.717) is 22.8 Å². The Morgan fingerprint density at radius 3 is 2.73 bits per heavy atom. The molecule has 9 heteroatoms. The average Bonchev–Trinajstić information content (AvgIpc) is 3.36. The first-order valence-electron chi connectivity index (χ1n) is 9.79. The largest absolute Gasteiger partial charge is 0.309 e. The molecule has 0 amide bonds. The van der Waals surface area contributed by atoms with E-state index in [-0.39, 0.29) is 11.6 Å². The summed E-state index contributed by atoms with van der Waals surface area (Å²) in [5.74, 6) is 2.11. The van der Waals surface area contributed by atoms with Gasteiger partial charge in [-0.3, -0.25) is 9.69 Å². The highest BCUT2D eigenvalue weighted by Crippen LogP contribution is 2.27. The number of H-pyrrole nitrogens is 1. The predicted molar refractivity (Wildman–Crippen MR) is 122 cm³/mol. The van der Waals surface area contributed by atoms with Crippen LogP contribution in [0.5, 0.6) is 0 Å². The molecule has 4 aromatic rings. The molecule has 0 aliphatic rings. The van der Waals surface area contributed by atoms with Crippen molar-refractivity contribution in [1.82, 2.24) is 29.6 Å². The van der Waals surface area contributed by atoms with Gasteiger partial charge in [-0.05, 0) is 37.5 Å². The predicted octanol–water partition coefficient (Wildman–Crippen LogP) is 3.93. The van der Waals surface area contributed by atoms with Crippen LogP contribution < -0.4 is 5.56 Å². The van der Waals surface area contributed by atoms with Gasteiger partial charge in [0.15, 0.2) is 11.0 Å². The topological polar surface area (TPSA) is 79.7 Å². The molecule has 0 unspecified atom stereocenters. The highest BCUT2D eigenvalue weighted by molar-refractivity contribution is 7.98. The normalized spacial score (nSPS) is 12.7. The average molecular weight is 441 g/mol. The van der Waals surface area contributed by atoms with Gasteiger partial charge in [0.1, 0.15) is 10.5 Å². The Kier molecular flexibility index (Phi) is 6.31. The lowest BCUT2D eigenvalue weighted by Crippen LogP contribution is -2.23. The molecule has 1 aromatic carbocycles. The number of hydrogen-bond donors (Lipinski definition) is 1. The maximum absolute atomic E-state index is 12.3. The molecule has 30 heavy (non-hydrogen) atoms. The third kappa shape index (κ3) is 4.33. The van der Waals surface area contributed by atoms with Crippen molar-refractivity contribution < 1.29 is 0 Å². The summed E-state index contributed by atoms with van der Waals surface area (Å²) in [4.78, 5) is 21.9. The Balaban J connectivity index is 1.64. The van der Waals surface area contributed by atoms with Gasteiger partial charge >= 0.3 is 0 Å². The van der Waals surface area contributed by atoms with Crippen LogP contribution in [0.3, 0.4) is 0 Å². The Labute approximate surface area is 183 Å². The van der Waals surface area contributed by atoms with Crippen molar-refractivity contribution in [3.63, 3.8) is 0 Å². The SMILES string of the molecule is CC[C@@H](c1nnc(SCc2nc3ccsc3c(=O)[nH]2)n1Cc1ccccc1)N(C)C. The molecule has 7 nitrogen and oxygen atoms in total. The van der Waals surface area contributed by atoms with Gasteiger partial charge in [-0.15, -0.1) is 21.5 Å². The van der Waals surface area contributed by atoms with E-state index in [9.17, 15) is 4.79 Å². The number of aromatic amines is 1. The lowest BCUT2D eigenvalue weighted by Gasteiger charge is -2.23. The van der Waals surface area contributed by atoms with Crippen molar-refractivity contribution in [1.29, 1.82) is 0 Å². The number of nitrogens with zero attached hydrogens (tertiary/aromatic N) is 5. The van der Waals surface area contributed by atoms with Crippen LogP contribution >= 0.6 is 23.1 Å². The molecule has 0 aliphatic carbocycles. The quantitative estimate of drug-likeness (QED) is 0.418. The number of nitrogens with one attached hydrogen (secondary N) is 1. The summed E-state index contributed by atoms with van der Waals surface area (Å²) in [5, 5.41) is 11.7. The van der Waals surface area contributed by atoms with Gasteiger partial charge in [0.25, 0.3) is 5.56 Å². The zero-order valence-corrected chi connectivity index (χ0v) is 18.8. The first kappa shape index (κ1) is 20.8. The summed E-state index contributed by atoms with van der Waals surface area (Å²) < 4.78 is 2.84. The third-order valence-electron chi connectivity index (χ3n) is 4.94. The van der Waals surface area contributed by atoms with E-state index < -0.39 is 0 Å². The Morgan fingerprint density at radius 1 is 1.20 bits per heavy atom. The third-order valence-corrected chi connectivity index (χ3v) is 6.82. The minimum Gasteiger partial charge on any atom is -0.309 e. The maximum Gasteiger partial charge on any atom is 0.268 e. The fourth-order valence-corrected chi connectivity index (χ4v) is 5.01. The van der Waals surface area contributed by atoms with Crippen LogP contribution in [0.25, 0.3) is 10.2 Å². The van der Waals surface area contributed by atoms with Crippen molar-refractivity contribution in [3.05, 3.63) is 69.3 Å². The summed E-state index contributed by atoms with van der Waals surface area (Å²) in [6.07, 6.45) is 0.939. The summed E-state index contributed by atoms with van der Waals surface area (Å²) in [6, 6.07) is 12.4. The molecule has 0 bridgehead atoms. The molecule has 1 atom stereocenters. The summed E-state index contributed by atoms with van der Waals surface area (Å²) in [6.45, 7) is 2.85. The molecule has 0 saturated heterocycles. The molecule has 156 valence electrons. The number of aromatic nitrogens is 5. The Hall–Kier alpha value is -2.49. The van der Waals surface area contributed by atoms with Gasteiger partial charge in [-0.25, -0.2) is 4.98 Å². The lowest BCUT2D eigenvalue weighted by molar-refractivity contribution is 0.272. The van der Waals surface area contributed by atoms with E-state index in [4.69, 9.17) is 0 Å². The smallest absolute Gasteiger partial charge is 0.268 e. The monoisotopic (exact) mass is 440 g/mol. The number of benzene rings is 1. The summed E-state index contributed by atoms with van der Waals surface area (Å²) >= 11 is 2.95. The van der Waals surface area contributed by atoms with Crippen LogP contribution in [0.4, 0.5) is 0 Å². The number of hydrogen-bond acceptors (Lipinski definition) is 7. The molecule has 4 rings (SSSR count). The van der Waals surface area contributed by atoms with E-state index in [1.807, 2.05) is 29.6 Å². The number of rotatable bonds is 8. The zero-order chi connectivity index (χ0) is 21.1. The second kappa shape index (κ2) is 9.11. The highest BCUT2D eigenvalue weighted by atomic mass is 32.2. The van der Waals surface area contributed by atoms with Crippen molar-refractivity contribution >= 4 is 33.3 Å². The van der Waals surface area contributed by atoms with Crippen LogP contribution in [0, 0.1) is 0 Å². The summed E-state index contributed by atoms with van der Waals surface area (Å²) in [7, 11) is 4.13. The van der Waals surface area contributed by atoms with Gasteiger partial charge in [0.05, 0.1) is 23.9 Å². The van der Waals surface area contributed by atoms with Crippen LogP contribution in [0.1, 0.15) is 36.6 Å². The van der Waals surface area contributed by atoms with Crippen molar-refractivity contribution in [2.75, 3.05) is 14.1 Å². The van der Waals surface area contributed by atoms with Crippen LogP contribution in [0.15, 0.2) is 51.7 Å². The van der Waals surface area contributed by atoms with E-state index in [0.717, 1.165) is 22.9 Å². The molecular formula is C21H24N6OS2. The first-order chi connectivity index (χ1) is 14.6. The first-order valence-corrected chi connectivity index (χ1v) is 11.7. The molecule has 0 radical (unpaired) electrons. The minimum atomic E-state index is -0.0873. The standard InChI is InChI=1S/C21H24N6OS2/c1-4-16(26(2)3)19-24-25-21(27(19)12-14-8-6-5-7-9-14)30-13-17-22-15-10-11-29-18(15)20(28)23-17/h5-11,16H,4,12-13H2,1-3H3,(H,22,23,28)/t16-/m0/s1. The van der Waals surface area contributed by atoms with Gasteiger partial charge in [-0.2, -0.15) is 0 Å². The molecule has 3 heterocycles. The molecule has 1 N–H and O–H groups in total. The van der Waals surface area contributed by atoms with Crippen molar-refractivity contribution in [2.45, 2.75) is 36.8 Å². The summed E-state index contributed by atoms with van der Waals surface area (Å²) in [5.41, 5.74) is 1.85. The lowest BCUT2D eigenvalue weighted by atomic mass is 10.2. The van der Waals surface area contributed by atoms with E-state index in [1.54, 1.807) is 11.8 Å². The van der Waals surface area contributed by atoms with Gasteiger partial charge in [0.2, 0.25) is 0 Å². The van der Waals surface area contributed by atoms with Crippen molar-refractivity contribution in [3.8, 4) is 0 Å². The maximum atomic E-state index is 12.3. The van der Waals surface area contributed by atoms with E-state index >= 15 is 0 Å². The molecule has 0 spiro atoms. The number of fused-ring (bicyclic) bond motifs is 1. The van der Waals surface area contributed by atoms with E-state index in [1.165, 1.54) is 16.9 Å². The fraction of sp³-hybridized carbons (Fsp3) is 0.333. The van der Waals surface area contributed by atoms with Gasteiger partial charge in [0, 0.05) is 0 Å². The molecule has 3 aromatic heterocycles. The second-order valence-electron chi connectivity index (χ2n) is 7.24. The van der Waals surface area contributed by atoms with Gasteiger partial charge in [-0.1, -0.05) is 49.0 Å². The van der Waals surface area contributed by atoms with Crippen molar-refractivity contribution in [2.24, 2.45) is 0 Å². The van der Waals surface area contributed by atoms with E-state index in [2.05, 4.69) is 62.8 Å².